The molecule has 3 aliphatic carbocycles. The maximum atomic E-state index is 16.6. The number of fused-ring (bicyclic) bond motifs is 2. The van der Waals surface area contributed by atoms with E-state index in [1.807, 2.05) is 20.8 Å². The Kier molecular flexibility index (Phi) is 5.51. The maximum Gasteiger partial charge on any atom is 0.418 e. The summed E-state index contributed by atoms with van der Waals surface area (Å²) in [5.74, 6) is -0.544. The lowest BCUT2D eigenvalue weighted by molar-refractivity contribution is -0.137. The number of rotatable bonds is 4. The SMILES string of the molecule is Cc1nc(N)cc(-c2nc(C3CC3)c3c(C4[C@H]5CN(C(=O)OC(C)(C)C)C[C@@H]45)nn(C4CC4)c3c2F)c1C(F)(F)F. The molecule has 0 radical (unpaired) electrons. The molecule has 3 saturated carbocycles. The van der Waals surface area contributed by atoms with E-state index in [9.17, 15) is 18.0 Å². The van der Waals surface area contributed by atoms with Gasteiger partial charge in [0.05, 0.1) is 28.7 Å². The van der Waals surface area contributed by atoms with Gasteiger partial charge in [0, 0.05) is 35.9 Å². The van der Waals surface area contributed by atoms with E-state index in [1.165, 1.54) is 6.92 Å². The minimum Gasteiger partial charge on any atom is -0.444 e. The van der Waals surface area contributed by atoms with Crippen molar-refractivity contribution in [2.75, 3.05) is 18.8 Å². The average Bonchev–Trinajstić information content (AvgIpc) is 3.79. The van der Waals surface area contributed by atoms with Crippen molar-refractivity contribution in [2.24, 2.45) is 11.8 Å². The minimum atomic E-state index is -4.77. The van der Waals surface area contributed by atoms with Crippen molar-refractivity contribution in [2.45, 2.75) is 83.0 Å². The number of nitrogen functional groups attached to an aromatic ring is 1. The number of hydrogen-bond donors (Lipinski definition) is 1. The van der Waals surface area contributed by atoms with Crippen molar-refractivity contribution in [1.82, 2.24) is 24.6 Å². The van der Waals surface area contributed by atoms with Gasteiger partial charge >= 0.3 is 12.3 Å². The van der Waals surface area contributed by atoms with Crippen LogP contribution >= 0.6 is 0 Å². The van der Waals surface area contributed by atoms with Crippen LogP contribution in [0.25, 0.3) is 22.2 Å². The number of carbonyl (C=O) groups excluding carboxylic acids is 1. The third kappa shape index (κ3) is 4.41. The monoisotopic (exact) mass is 572 g/mol. The zero-order chi connectivity index (χ0) is 29.2. The number of carbonyl (C=O) groups is 1. The van der Waals surface area contributed by atoms with E-state index in [1.54, 1.807) is 9.58 Å². The van der Waals surface area contributed by atoms with E-state index in [4.69, 9.17) is 15.6 Å². The second-order valence-corrected chi connectivity index (χ2v) is 13.0. The summed E-state index contributed by atoms with van der Waals surface area (Å²) >= 11 is 0. The number of alkyl halides is 3. The van der Waals surface area contributed by atoms with E-state index in [0.29, 0.717) is 24.2 Å². The molecule has 2 N–H and O–H groups in total. The molecular weight excluding hydrogens is 540 g/mol. The van der Waals surface area contributed by atoms with Crippen LogP contribution in [0.4, 0.5) is 28.2 Å². The van der Waals surface area contributed by atoms with Crippen molar-refractivity contribution >= 4 is 22.8 Å². The molecule has 41 heavy (non-hydrogen) atoms. The summed E-state index contributed by atoms with van der Waals surface area (Å²) in [5.41, 5.74) is 4.75. The summed E-state index contributed by atoms with van der Waals surface area (Å²) in [7, 11) is 0. The molecule has 1 saturated heterocycles. The molecule has 3 aromatic rings. The first-order valence-electron chi connectivity index (χ1n) is 14.2. The molecule has 3 aromatic heterocycles. The number of anilines is 1. The summed E-state index contributed by atoms with van der Waals surface area (Å²) in [6, 6.07) is 1.06. The quantitative estimate of drug-likeness (QED) is 0.367. The van der Waals surface area contributed by atoms with Gasteiger partial charge in [-0.05, 0) is 71.3 Å². The van der Waals surface area contributed by atoms with Gasteiger partial charge in [-0.1, -0.05) is 0 Å². The number of amides is 1. The fourth-order valence-electron chi connectivity index (χ4n) is 6.55. The summed E-state index contributed by atoms with van der Waals surface area (Å²) in [4.78, 5) is 22.8. The van der Waals surface area contributed by atoms with Gasteiger partial charge in [-0.25, -0.2) is 19.2 Å². The standard InChI is InChI=1S/C29H32F4N6O2/c1-12-21(29(31,32)33)15(9-18(34)35-12)24-22(30)26-20(23(36-24)13-5-6-13)25(37-39(26)14-7-8-14)19-16-10-38(11-17(16)19)27(40)41-28(2,3)4/h9,13-14,16-17,19H,5-8,10-11H2,1-4H3,(H2,34,35)/t16-,17+,19?. The van der Waals surface area contributed by atoms with E-state index < -0.39 is 28.7 Å². The van der Waals surface area contributed by atoms with Gasteiger partial charge in [0.15, 0.2) is 5.82 Å². The molecule has 4 fully saturated rings. The molecule has 4 aliphatic rings. The smallest absolute Gasteiger partial charge is 0.418 e. The molecule has 8 nitrogen and oxygen atoms in total. The van der Waals surface area contributed by atoms with Gasteiger partial charge in [0.2, 0.25) is 0 Å². The van der Waals surface area contributed by atoms with Crippen molar-refractivity contribution in [1.29, 1.82) is 0 Å². The van der Waals surface area contributed by atoms with Crippen LogP contribution in [0.1, 0.15) is 87.0 Å². The van der Waals surface area contributed by atoms with E-state index in [0.717, 1.165) is 37.4 Å². The fraction of sp³-hybridized carbons (Fsp3) is 0.586. The van der Waals surface area contributed by atoms with Crippen molar-refractivity contribution in [3.05, 3.63) is 34.5 Å². The van der Waals surface area contributed by atoms with Crippen LogP contribution in [0.3, 0.4) is 0 Å². The third-order valence-electron chi connectivity index (χ3n) is 8.62. The highest BCUT2D eigenvalue weighted by molar-refractivity contribution is 5.91. The first-order valence-corrected chi connectivity index (χ1v) is 14.2. The molecule has 3 atom stereocenters. The van der Waals surface area contributed by atoms with E-state index in [2.05, 4.69) is 9.97 Å². The van der Waals surface area contributed by atoms with Gasteiger partial charge in [0.25, 0.3) is 0 Å². The Labute approximate surface area is 234 Å². The minimum absolute atomic E-state index is 0.00811. The van der Waals surface area contributed by atoms with Gasteiger partial charge in [-0.15, -0.1) is 0 Å². The molecule has 1 amide bonds. The highest BCUT2D eigenvalue weighted by Gasteiger charge is 2.60. The normalized spacial score (nSPS) is 24.2. The number of nitrogens with zero attached hydrogens (tertiary/aromatic N) is 5. The Morgan fingerprint density at radius 2 is 1.71 bits per heavy atom. The number of aryl methyl sites for hydroxylation is 1. The first kappa shape index (κ1) is 26.5. The molecule has 0 bridgehead atoms. The molecule has 4 heterocycles. The highest BCUT2D eigenvalue weighted by Crippen LogP contribution is 2.61. The summed E-state index contributed by atoms with van der Waals surface area (Å²) in [6.45, 7) is 7.76. The zero-order valence-corrected chi connectivity index (χ0v) is 23.3. The first-order chi connectivity index (χ1) is 19.2. The maximum absolute atomic E-state index is 16.6. The topological polar surface area (TPSA) is 99.2 Å². The molecule has 12 heteroatoms. The van der Waals surface area contributed by atoms with E-state index in [-0.39, 0.29) is 58.5 Å². The number of nitrogens with two attached hydrogens (primary N) is 1. The van der Waals surface area contributed by atoms with Crippen LogP contribution < -0.4 is 5.73 Å². The third-order valence-corrected chi connectivity index (χ3v) is 8.62. The Balaban J connectivity index is 1.35. The number of pyridine rings is 2. The molecule has 0 aromatic carbocycles. The molecule has 1 aliphatic heterocycles. The van der Waals surface area contributed by atoms with Gasteiger partial charge in [-0.2, -0.15) is 18.3 Å². The second kappa shape index (κ2) is 8.54. The van der Waals surface area contributed by atoms with Gasteiger partial charge in [0.1, 0.15) is 22.6 Å². The Hall–Kier alpha value is -3.44. The predicted octanol–water partition coefficient (Wildman–Crippen LogP) is 6.33. The summed E-state index contributed by atoms with van der Waals surface area (Å²) in [6.07, 6.45) is -1.81. The average molecular weight is 573 g/mol. The highest BCUT2D eigenvalue weighted by atomic mass is 19.4. The lowest BCUT2D eigenvalue weighted by Gasteiger charge is -2.25. The van der Waals surface area contributed by atoms with E-state index >= 15 is 4.39 Å². The number of aromatic nitrogens is 4. The second-order valence-electron chi connectivity index (χ2n) is 13.0. The molecular formula is C29H32F4N6O2. The fourth-order valence-corrected chi connectivity index (χ4v) is 6.55. The lowest BCUT2D eigenvalue weighted by atomic mass is 9.98. The van der Waals surface area contributed by atoms with Gasteiger partial charge in [-0.3, -0.25) is 4.68 Å². The summed E-state index contributed by atoms with van der Waals surface area (Å²) in [5, 5.41) is 5.58. The van der Waals surface area contributed by atoms with Crippen LogP contribution in [0.15, 0.2) is 6.07 Å². The van der Waals surface area contributed by atoms with Crippen LogP contribution in [-0.2, 0) is 10.9 Å². The largest absolute Gasteiger partial charge is 0.444 e. The van der Waals surface area contributed by atoms with Crippen LogP contribution in [0.5, 0.6) is 0 Å². The van der Waals surface area contributed by atoms with Crippen molar-refractivity contribution < 1.29 is 27.1 Å². The van der Waals surface area contributed by atoms with Crippen LogP contribution in [0.2, 0.25) is 0 Å². The van der Waals surface area contributed by atoms with Crippen LogP contribution in [0, 0.1) is 24.6 Å². The molecule has 0 spiro atoms. The Morgan fingerprint density at radius 3 is 2.27 bits per heavy atom. The number of halogens is 4. The number of likely N-dealkylation sites (tertiary alicyclic amines) is 1. The van der Waals surface area contributed by atoms with Crippen molar-refractivity contribution in [3.8, 4) is 11.3 Å². The van der Waals surface area contributed by atoms with Gasteiger partial charge < -0.3 is 15.4 Å². The molecule has 218 valence electrons. The summed E-state index contributed by atoms with van der Waals surface area (Å²) < 4.78 is 66.4. The Morgan fingerprint density at radius 1 is 1.05 bits per heavy atom. The Bertz CT molecular complexity index is 1590. The molecule has 7 rings (SSSR count). The number of ether oxygens (including phenoxy) is 1. The number of hydrogen-bond acceptors (Lipinski definition) is 6. The molecule has 1 unspecified atom stereocenters. The number of piperidine rings is 1. The van der Waals surface area contributed by atoms with Crippen LogP contribution in [-0.4, -0.2) is 49.4 Å². The predicted molar refractivity (Wildman–Crippen MR) is 143 cm³/mol. The van der Waals surface area contributed by atoms with Crippen molar-refractivity contribution in [3.63, 3.8) is 0 Å². The zero-order valence-electron chi connectivity index (χ0n) is 23.3. The lowest BCUT2D eigenvalue weighted by Crippen LogP contribution is -2.36.